The van der Waals surface area contributed by atoms with Gasteiger partial charge in [0.2, 0.25) is 0 Å². The van der Waals surface area contributed by atoms with Gasteiger partial charge in [-0.2, -0.15) is 10.2 Å². The maximum Gasteiger partial charge on any atom is 0.156 e. The zero-order chi connectivity index (χ0) is 12.7. The zero-order valence-corrected chi connectivity index (χ0v) is 11.6. The van der Waals surface area contributed by atoms with Crippen LogP contribution < -0.4 is 0 Å². The molecule has 0 aliphatic rings. The van der Waals surface area contributed by atoms with Gasteiger partial charge in [-0.25, -0.2) is 4.68 Å². The third-order valence-electron chi connectivity index (χ3n) is 3.30. The number of halogens is 1. The Morgan fingerprint density at radius 2 is 1.71 bits per heavy atom. The fourth-order valence-electron chi connectivity index (χ4n) is 2.04. The van der Waals surface area contributed by atoms with Gasteiger partial charge in [0.1, 0.15) is 0 Å². The van der Waals surface area contributed by atoms with E-state index in [0.717, 1.165) is 28.5 Å². The third kappa shape index (κ3) is 1.76. The number of alkyl halides is 1. The van der Waals surface area contributed by atoms with Gasteiger partial charge in [-0.1, -0.05) is 0 Å². The molecule has 2 rings (SSSR count). The second-order valence-electron chi connectivity index (χ2n) is 4.35. The highest BCUT2D eigenvalue weighted by atomic mass is 35.5. The molecule has 0 aliphatic heterocycles. The van der Waals surface area contributed by atoms with E-state index >= 15 is 0 Å². The Morgan fingerprint density at radius 1 is 1.06 bits per heavy atom. The first-order valence-corrected chi connectivity index (χ1v) is 6.12. The molecule has 2 aromatic rings. The van der Waals surface area contributed by atoms with Crippen molar-refractivity contribution in [3.8, 4) is 5.82 Å². The standard InChI is InChI=1S/C12H17ClN4/c1-7-8(2)15-17(10(7)4)12-11(6-13)9(3)14-16(12)5/h6H2,1-5H3. The summed E-state index contributed by atoms with van der Waals surface area (Å²) in [5, 5.41) is 8.97. The molecular weight excluding hydrogens is 236 g/mol. The van der Waals surface area contributed by atoms with Gasteiger partial charge < -0.3 is 0 Å². The van der Waals surface area contributed by atoms with E-state index in [2.05, 4.69) is 24.0 Å². The normalized spacial score (nSPS) is 11.2. The molecule has 0 saturated carbocycles. The molecule has 2 aromatic heterocycles. The highest BCUT2D eigenvalue weighted by Gasteiger charge is 2.18. The third-order valence-corrected chi connectivity index (χ3v) is 3.57. The Labute approximate surface area is 106 Å². The lowest BCUT2D eigenvalue weighted by molar-refractivity contribution is 0.680. The van der Waals surface area contributed by atoms with Crippen molar-refractivity contribution < 1.29 is 0 Å². The van der Waals surface area contributed by atoms with E-state index in [0.29, 0.717) is 5.88 Å². The molecule has 0 aliphatic carbocycles. The van der Waals surface area contributed by atoms with E-state index in [1.165, 1.54) is 5.56 Å². The summed E-state index contributed by atoms with van der Waals surface area (Å²) in [4.78, 5) is 0. The Hall–Kier alpha value is -1.29. The minimum Gasteiger partial charge on any atom is -0.250 e. The molecule has 2 heterocycles. The second kappa shape index (κ2) is 4.18. The summed E-state index contributed by atoms with van der Waals surface area (Å²) in [6.45, 7) is 8.13. The maximum atomic E-state index is 6.01. The molecule has 0 N–H and O–H groups in total. The van der Waals surface area contributed by atoms with Crippen molar-refractivity contribution in [1.29, 1.82) is 0 Å². The smallest absolute Gasteiger partial charge is 0.156 e. The summed E-state index contributed by atoms with van der Waals surface area (Å²) in [6, 6.07) is 0. The number of nitrogens with zero attached hydrogens (tertiary/aromatic N) is 4. The van der Waals surface area contributed by atoms with Gasteiger partial charge >= 0.3 is 0 Å². The highest BCUT2D eigenvalue weighted by Crippen LogP contribution is 2.23. The summed E-state index contributed by atoms with van der Waals surface area (Å²) in [6.07, 6.45) is 0. The number of hydrogen-bond acceptors (Lipinski definition) is 2. The van der Waals surface area contributed by atoms with Crippen LogP contribution in [-0.4, -0.2) is 19.6 Å². The number of aryl methyl sites for hydroxylation is 3. The van der Waals surface area contributed by atoms with Crippen LogP contribution in [0.1, 0.15) is 28.2 Å². The molecule has 0 spiro atoms. The number of hydrogen-bond donors (Lipinski definition) is 0. The van der Waals surface area contributed by atoms with Crippen LogP contribution >= 0.6 is 11.6 Å². The molecule has 0 aromatic carbocycles. The molecule has 5 heteroatoms. The fraction of sp³-hybridized carbons (Fsp3) is 0.500. The summed E-state index contributed by atoms with van der Waals surface area (Å²) < 4.78 is 3.77. The molecule has 17 heavy (non-hydrogen) atoms. The van der Waals surface area contributed by atoms with E-state index in [9.17, 15) is 0 Å². The fourth-order valence-corrected chi connectivity index (χ4v) is 2.35. The van der Waals surface area contributed by atoms with Crippen LogP contribution in [0, 0.1) is 27.7 Å². The molecule has 0 atom stereocenters. The number of rotatable bonds is 2. The van der Waals surface area contributed by atoms with Crippen LogP contribution in [0.5, 0.6) is 0 Å². The van der Waals surface area contributed by atoms with Gasteiger partial charge in [0.15, 0.2) is 5.82 Å². The van der Waals surface area contributed by atoms with E-state index in [1.54, 1.807) is 0 Å². The van der Waals surface area contributed by atoms with E-state index < -0.39 is 0 Å². The van der Waals surface area contributed by atoms with Crippen molar-refractivity contribution in [2.24, 2.45) is 7.05 Å². The van der Waals surface area contributed by atoms with E-state index in [1.807, 2.05) is 30.3 Å². The van der Waals surface area contributed by atoms with Crippen molar-refractivity contribution in [3.63, 3.8) is 0 Å². The molecule has 0 radical (unpaired) electrons. The van der Waals surface area contributed by atoms with E-state index in [-0.39, 0.29) is 0 Å². The van der Waals surface area contributed by atoms with Crippen molar-refractivity contribution in [2.75, 3.05) is 0 Å². The SMILES string of the molecule is Cc1nn(-c2c(CCl)c(C)nn2C)c(C)c1C. The molecular formula is C12H17ClN4. The van der Waals surface area contributed by atoms with Crippen LogP contribution in [-0.2, 0) is 12.9 Å². The van der Waals surface area contributed by atoms with Gasteiger partial charge in [0.25, 0.3) is 0 Å². The molecule has 0 amide bonds. The van der Waals surface area contributed by atoms with Crippen LogP contribution in [0.25, 0.3) is 5.82 Å². The van der Waals surface area contributed by atoms with E-state index in [4.69, 9.17) is 11.6 Å². The molecule has 92 valence electrons. The first kappa shape index (κ1) is 12.2. The van der Waals surface area contributed by atoms with Gasteiger partial charge in [-0.3, -0.25) is 4.68 Å². The molecule has 0 bridgehead atoms. The van der Waals surface area contributed by atoms with Crippen LogP contribution in [0.15, 0.2) is 0 Å². The van der Waals surface area contributed by atoms with Crippen molar-refractivity contribution in [3.05, 3.63) is 28.2 Å². The van der Waals surface area contributed by atoms with Gasteiger partial charge in [0, 0.05) is 18.3 Å². The lowest BCUT2D eigenvalue weighted by atomic mass is 10.2. The largest absolute Gasteiger partial charge is 0.250 e. The zero-order valence-electron chi connectivity index (χ0n) is 10.9. The van der Waals surface area contributed by atoms with Crippen LogP contribution in [0.2, 0.25) is 0 Å². The van der Waals surface area contributed by atoms with Crippen molar-refractivity contribution in [2.45, 2.75) is 33.6 Å². The van der Waals surface area contributed by atoms with Crippen LogP contribution in [0.4, 0.5) is 0 Å². The lowest BCUT2D eigenvalue weighted by Gasteiger charge is -2.07. The van der Waals surface area contributed by atoms with Crippen LogP contribution in [0.3, 0.4) is 0 Å². The maximum absolute atomic E-state index is 6.01. The van der Waals surface area contributed by atoms with Gasteiger partial charge in [-0.15, -0.1) is 11.6 Å². The average Bonchev–Trinajstić information content (AvgIpc) is 2.69. The minimum absolute atomic E-state index is 0.451. The topological polar surface area (TPSA) is 35.6 Å². The van der Waals surface area contributed by atoms with Crippen molar-refractivity contribution in [1.82, 2.24) is 19.6 Å². The average molecular weight is 253 g/mol. The highest BCUT2D eigenvalue weighted by molar-refractivity contribution is 6.17. The Balaban J connectivity index is 2.72. The Kier molecular flexibility index (Phi) is 3.00. The monoisotopic (exact) mass is 252 g/mol. The predicted octanol–water partition coefficient (Wildman–Crippen LogP) is 2.58. The second-order valence-corrected chi connectivity index (χ2v) is 4.62. The molecule has 0 unspecified atom stereocenters. The quantitative estimate of drug-likeness (QED) is 0.771. The molecule has 4 nitrogen and oxygen atoms in total. The predicted molar refractivity (Wildman–Crippen MR) is 68.8 cm³/mol. The molecule has 0 fully saturated rings. The number of aromatic nitrogens is 4. The summed E-state index contributed by atoms with van der Waals surface area (Å²) in [5.41, 5.74) is 5.39. The lowest BCUT2D eigenvalue weighted by Crippen LogP contribution is -2.08. The summed E-state index contributed by atoms with van der Waals surface area (Å²) >= 11 is 6.01. The van der Waals surface area contributed by atoms with Gasteiger partial charge in [-0.05, 0) is 33.3 Å². The Morgan fingerprint density at radius 3 is 2.18 bits per heavy atom. The molecule has 0 saturated heterocycles. The summed E-state index contributed by atoms with van der Waals surface area (Å²) in [7, 11) is 1.92. The minimum atomic E-state index is 0.451. The van der Waals surface area contributed by atoms with Crippen molar-refractivity contribution >= 4 is 11.6 Å². The van der Waals surface area contributed by atoms with Gasteiger partial charge in [0.05, 0.1) is 17.3 Å². The first-order chi connectivity index (χ1) is 7.97. The summed E-state index contributed by atoms with van der Waals surface area (Å²) in [5.74, 6) is 1.41. The Bertz CT molecular complexity index is 566. The first-order valence-electron chi connectivity index (χ1n) is 5.59.